The second-order valence-electron chi connectivity index (χ2n) is 5.15. The molecule has 1 aliphatic rings. The number of aryl methyl sites for hydroxylation is 1. The number of aliphatic carboxylic acids is 1. The number of carboxylic acids is 1. The molecule has 102 valence electrons. The van der Waals surface area contributed by atoms with Crippen molar-refractivity contribution in [3.63, 3.8) is 0 Å². The minimum absolute atomic E-state index is 0.0630. The van der Waals surface area contributed by atoms with Gasteiger partial charge in [0.2, 0.25) is 5.91 Å². The number of carboxylic acid groups (broad SMARTS) is 1. The SMILES string of the molecule is CCc1ccc(CN(C)C(=O)[C@@H]2C[C@@H]2C(=O)O)cc1. The van der Waals surface area contributed by atoms with Gasteiger partial charge in [-0.05, 0) is 24.0 Å². The molecule has 0 heterocycles. The molecule has 1 N–H and O–H groups in total. The van der Waals surface area contributed by atoms with Gasteiger partial charge in [-0.2, -0.15) is 0 Å². The van der Waals surface area contributed by atoms with Crippen LogP contribution < -0.4 is 0 Å². The molecule has 0 spiro atoms. The van der Waals surface area contributed by atoms with Crippen molar-refractivity contribution in [3.8, 4) is 0 Å². The number of carbonyl (C=O) groups is 2. The van der Waals surface area contributed by atoms with Crippen molar-refractivity contribution in [1.29, 1.82) is 0 Å². The van der Waals surface area contributed by atoms with Gasteiger partial charge < -0.3 is 10.0 Å². The molecule has 0 unspecified atom stereocenters. The average Bonchev–Trinajstić information content (AvgIpc) is 3.19. The molecule has 1 saturated carbocycles. The number of nitrogens with zero attached hydrogens (tertiary/aromatic N) is 1. The number of hydrogen-bond donors (Lipinski definition) is 1. The van der Waals surface area contributed by atoms with Crippen LogP contribution in [0.4, 0.5) is 0 Å². The van der Waals surface area contributed by atoms with Gasteiger partial charge in [-0.3, -0.25) is 9.59 Å². The van der Waals surface area contributed by atoms with Gasteiger partial charge in [0.1, 0.15) is 0 Å². The molecular formula is C15H19NO3. The summed E-state index contributed by atoms with van der Waals surface area (Å²) < 4.78 is 0. The molecule has 1 fully saturated rings. The first-order valence-corrected chi connectivity index (χ1v) is 6.58. The molecule has 4 nitrogen and oxygen atoms in total. The van der Waals surface area contributed by atoms with Crippen LogP contribution in [0, 0.1) is 11.8 Å². The fourth-order valence-corrected chi connectivity index (χ4v) is 2.26. The predicted molar refractivity (Wildman–Crippen MR) is 71.5 cm³/mol. The van der Waals surface area contributed by atoms with E-state index in [0.29, 0.717) is 13.0 Å². The summed E-state index contributed by atoms with van der Waals surface area (Å²) in [5.74, 6) is -1.72. The summed E-state index contributed by atoms with van der Waals surface area (Å²) in [7, 11) is 1.73. The largest absolute Gasteiger partial charge is 0.481 e. The van der Waals surface area contributed by atoms with Crippen molar-refractivity contribution >= 4 is 11.9 Å². The fraction of sp³-hybridized carbons (Fsp3) is 0.467. The molecule has 1 amide bonds. The lowest BCUT2D eigenvalue weighted by Crippen LogP contribution is -2.28. The maximum atomic E-state index is 12.0. The second-order valence-corrected chi connectivity index (χ2v) is 5.15. The van der Waals surface area contributed by atoms with Gasteiger partial charge in [0.15, 0.2) is 0 Å². The smallest absolute Gasteiger partial charge is 0.307 e. The van der Waals surface area contributed by atoms with Crippen molar-refractivity contribution in [1.82, 2.24) is 4.90 Å². The highest BCUT2D eigenvalue weighted by molar-refractivity contribution is 5.89. The number of amides is 1. The zero-order chi connectivity index (χ0) is 14.0. The molecular weight excluding hydrogens is 242 g/mol. The van der Waals surface area contributed by atoms with E-state index >= 15 is 0 Å². The maximum absolute atomic E-state index is 12.0. The Morgan fingerprint density at radius 1 is 1.21 bits per heavy atom. The van der Waals surface area contributed by atoms with E-state index in [1.165, 1.54) is 5.56 Å². The van der Waals surface area contributed by atoms with Crippen molar-refractivity contribution in [2.45, 2.75) is 26.3 Å². The third kappa shape index (κ3) is 3.13. The summed E-state index contributed by atoms with van der Waals surface area (Å²) in [5.41, 5.74) is 2.34. The highest BCUT2D eigenvalue weighted by Gasteiger charge is 2.49. The van der Waals surface area contributed by atoms with Crippen LogP contribution in [-0.4, -0.2) is 28.9 Å². The zero-order valence-corrected chi connectivity index (χ0v) is 11.3. The summed E-state index contributed by atoms with van der Waals surface area (Å²) in [6.45, 7) is 2.63. The highest BCUT2D eigenvalue weighted by atomic mass is 16.4. The topological polar surface area (TPSA) is 57.6 Å². The van der Waals surface area contributed by atoms with Gasteiger partial charge >= 0.3 is 5.97 Å². The molecule has 1 aliphatic carbocycles. The third-order valence-electron chi connectivity index (χ3n) is 3.65. The van der Waals surface area contributed by atoms with Crippen LogP contribution in [0.1, 0.15) is 24.5 Å². The van der Waals surface area contributed by atoms with Crippen molar-refractivity contribution < 1.29 is 14.7 Å². The molecule has 4 heteroatoms. The Morgan fingerprint density at radius 2 is 1.79 bits per heavy atom. The minimum Gasteiger partial charge on any atom is -0.481 e. The van der Waals surface area contributed by atoms with Gasteiger partial charge in [0, 0.05) is 13.6 Å². The standard InChI is InChI=1S/C15H19NO3/c1-3-10-4-6-11(7-5-10)9-16(2)14(17)12-8-13(12)15(18)19/h4-7,12-13H,3,8-9H2,1-2H3,(H,18,19)/t12-,13+/m1/s1. The van der Waals surface area contributed by atoms with Gasteiger partial charge in [0.05, 0.1) is 11.8 Å². The van der Waals surface area contributed by atoms with E-state index in [1.54, 1.807) is 11.9 Å². The van der Waals surface area contributed by atoms with Gasteiger partial charge in [-0.25, -0.2) is 0 Å². The van der Waals surface area contributed by atoms with Crippen LogP contribution in [0.25, 0.3) is 0 Å². The van der Waals surface area contributed by atoms with E-state index in [0.717, 1.165) is 12.0 Å². The molecule has 0 radical (unpaired) electrons. The van der Waals surface area contributed by atoms with E-state index in [-0.39, 0.29) is 11.8 Å². The van der Waals surface area contributed by atoms with E-state index < -0.39 is 11.9 Å². The average molecular weight is 261 g/mol. The van der Waals surface area contributed by atoms with Gasteiger partial charge in [-0.1, -0.05) is 31.2 Å². The molecule has 0 saturated heterocycles. The highest BCUT2D eigenvalue weighted by Crippen LogP contribution is 2.40. The number of rotatable bonds is 5. The van der Waals surface area contributed by atoms with Gasteiger partial charge in [-0.15, -0.1) is 0 Å². The maximum Gasteiger partial charge on any atom is 0.307 e. The Morgan fingerprint density at radius 3 is 2.26 bits per heavy atom. The normalized spacial score (nSPS) is 20.9. The Kier molecular flexibility index (Phi) is 3.88. The molecule has 0 aliphatic heterocycles. The van der Waals surface area contributed by atoms with Crippen LogP contribution in [0.2, 0.25) is 0 Å². The minimum atomic E-state index is -0.862. The lowest BCUT2D eigenvalue weighted by molar-refractivity contribution is -0.141. The Balaban J connectivity index is 1.91. The Labute approximate surface area is 113 Å². The predicted octanol–water partition coefficient (Wildman–Crippen LogP) is 1.93. The summed E-state index contributed by atoms with van der Waals surface area (Å²) in [4.78, 5) is 24.4. The zero-order valence-electron chi connectivity index (χ0n) is 11.3. The number of hydrogen-bond acceptors (Lipinski definition) is 2. The van der Waals surface area contributed by atoms with Gasteiger partial charge in [0.25, 0.3) is 0 Å². The number of carbonyl (C=O) groups excluding carboxylic acids is 1. The van der Waals surface area contributed by atoms with E-state index in [1.807, 2.05) is 12.1 Å². The fourth-order valence-electron chi connectivity index (χ4n) is 2.26. The quantitative estimate of drug-likeness (QED) is 0.881. The monoisotopic (exact) mass is 261 g/mol. The Hall–Kier alpha value is -1.84. The van der Waals surface area contributed by atoms with Crippen molar-refractivity contribution in [2.75, 3.05) is 7.05 Å². The van der Waals surface area contributed by atoms with Crippen LogP contribution in [-0.2, 0) is 22.6 Å². The first-order chi connectivity index (χ1) is 9.02. The molecule has 2 atom stereocenters. The first kappa shape index (κ1) is 13.6. The molecule has 0 bridgehead atoms. The van der Waals surface area contributed by atoms with E-state index in [2.05, 4.69) is 19.1 Å². The van der Waals surface area contributed by atoms with E-state index in [4.69, 9.17) is 5.11 Å². The summed E-state index contributed by atoms with van der Waals surface area (Å²) >= 11 is 0. The van der Waals surface area contributed by atoms with Crippen LogP contribution in [0.15, 0.2) is 24.3 Å². The summed E-state index contributed by atoms with van der Waals surface area (Å²) in [5, 5.41) is 8.83. The van der Waals surface area contributed by atoms with Crippen molar-refractivity contribution in [3.05, 3.63) is 35.4 Å². The van der Waals surface area contributed by atoms with Crippen LogP contribution in [0.5, 0.6) is 0 Å². The summed E-state index contributed by atoms with van der Waals surface area (Å²) in [6, 6.07) is 8.16. The first-order valence-electron chi connectivity index (χ1n) is 6.58. The van der Waals surface area contributed by atoms with E-state index in [9.17, 15) is 9.59 Å². The lowest BCUT2D eigenvalue weighted by Gasteiger charge is -2.17. The molecule has 19 heavy (non-hydrogen) atoms. The molecule has 2 rings (SSSR count). The van der Waals surface area contributed by atoms with Crippen LogP contribution >= 0.6 is 0 Å². The van der Waals surface area contributed by atoms with Crippen LogP contribution in [0.3, 0.4) is 0 Å². The second kappa shape index (κ2) is 5.43. The van der Waals surface area contributed by atoms with Crippen molar-refractivity contribution in [2.24, 2.45) is 11.8 Å². The Bertz CT molecular complexity index is 481. The molecule has 0 aromatic heterocycles. The molecule has 1 aromatic carbocycles. The third-order valence-corrected chi connectivity index (χ3v) is 3.65. The molecule has 1 aromatic rings. The lowest BCUT2D eigenvalue weighted by atomic mass is 10.1. The number of benzene rings is 1. The summed E-state index contributed by atoms with van der Waals surface area (Å²) in [6.07, 6.45) is 1.48.